The van der Waals surface area contributed by atoms with Gasteiger partial charge in [0, 0.05) is 42.3 Å². The Balaban J connectivity index is 2.24. The van der Waals surface area contributed by atoms with Crippen LogP contribution in [0.5, 0.6) is 0 Å². The number of allylic oxidation sites excluding steroid dienone is 2. The van der Waals surface area contributed by atoms with Gasteiger partial charge in [-0.05, 0) is 55.5 Å². The third-order valence-electron chi connectivity index (χ3n) is 4.29. The van der Waals surface area contributed by atoms with Crippen LogP contribution >= 0.6 is 0 Å². The van der Waals surface area contributed by atoms with Crippen LogP contribution in [0, 0.1) is 22.6 Å². The molecule has 1 aliphatic carbocycles. The highest BCUT2D eigenvalue weighted by Crippen LogP contribution is 2.28. The molecule has 1 atom stereocenters. The largest absolute Gasteiger partial charge is 0.390 e. The number of halogens is 3. The number of alkyl halides is 2. The highest BCUT2D eigenvalue weighted by atomic mass is 19.3. The molecule has 0 unspecified atom stereocenters. The van der Waals surface area contributed by atoms with Crippen molar-refractivity contribution in [1.29, 1.82) is 10.8 Å². The fraction of sp³-hybridized carbons (Fsp3) is 0.400. The van der Waals surface area contributed by atoms with Gasteiger partial charge in [0.25, 0.3) is 6.43 Å². The molecule has 0 saturated heterocycles. The first-order valence-electron chi connectivity index (χ1n) is 9.04. The van der Waals surface area contributed by atoms with Crippen molar-refractivity contribution in [3.63, 3.8) is 0 Å². The zero-order chi connectivity index (χ0) is 20.7. The molecule has 5 N–H and O–H groups in total. The van der Waals surface area contributed by atoms with Gasteiger partial charge in [-0.2, -0.15) is 0 Å². The molecule has 0 spiro atoms. The van der Waals surface area contributed by atoms with Gasteiger partial charge in [-0.15, -0.1) is 0 Å². The quantitative estimate of drug-likeness (QED) is 0.361. The molecule has 28 heavy (non-hydrogen) atoms. The van der Waals surface area contributed by atoms with Crippen molar-refractivity contribution in [2.75, 3.05) is 11.9 Å². The van der Waals surface area contributed by atoms with E-state index in [2.05, 4.69) is 10.6 Å². The van der Waals surface area contributed by atoms with E-state index >= 15 is 0 Å². The summed E-state index contributed by atoms with van der Waals surface area (Å²) in [5.41, 5.74) is 0.504. The molecular formula is C20H25F3N4O. The summed E-state index contributed by atoms with van der Waals surface area (Å²) in [4.78, 5) is 0. The minimum absolute atomic E-state index is 0.0902. The van der Waals surface area contributed by atoms with Crippen LogP contribution in [0.3, 0.4) is 0 Å². The van der Waals surface area contributed by atoms with Gasteiger partial charge in [-0.3, -0.25) is 5.41 Å². The van der Waals surface area contributed by atoms with E-state index in [0.717, 1.165) is 24.9 Å². The summed E-state index contributed by atoms with van der Waals surface area (Å²) < 4.78 is 39.2. The Morgan fingerprint density at radius 3 is 2.64 bits per heavy atom. The average molecular weight is 394 g/mol. The van der Waals surface area contributed by atoms with Crippen molar-refractivity contribution in [3.8, 4) is 0 Å². The summed E-state index contributed by atoms with van der Waals surface area (Å²) in [5, 5.41) is 30.9. The van der Waals surface area contributed by atoms with E-state index < -0.39 is 24.1 Å². The maximum atomic E-state index is 13.5. The van der Waals surface area contributed by atoms with Gasteiger partial charge in [-0.1, -0.05) is 0 Å². The monoisotopic (exact) mass is 394 g/mol. The fourth-order valence-corrected chi connectivity index (χ4v) is 2.59. The van der Waals surface area contributed by atoms with Crippen molar-refractivity contribution in [2.24, 2.45) is 5.92 Å². The Bertz CT molecular complexity index is 771. The first-order chi connectivity index (χ1) is 13.3. The molecule has 0 heterocycles. The van der Waals surface area contributed by atoms with Crippen molar-refractivity contribution >= 4 is 17.6 Å². The maximum Gasteiger partial charge on any atom is 0.279 e. The van der Waals surface area contributed by atoms with Gasteiger partial charge in [0.1, 0.15) is 5.82 Å². The summed E-state index contributed by atoms with van der Waals surface area (Å²) in [6.07, 6.45) is 2.28. The van der Waals surface area contributed by atoms with E-state index in [4.69, 9.17) is 10.8 Å². The lowest BCUT2D eigenvalue weighted by molar-refractivity contribution is 0.199. The normalized spacial score (nSPS) is 16.1. The Hall–Kier alpha value is -2.61. The standard InChI is InChI=1S/C20H25F3N4O/c1-12(28)17-7-15(21)4-5-19(17)27-16(8-18(25)20(22)23)6-14(9-24)11-26-10-13-2-3-13/h4-5,7-9,11-13,20,24-28H,2-3,6,10H2,1H3/b14-11-,16-8-,24-9?,25-18?/t12-/m1/s1. The van der Waals surface area contributed by atoms with Gasteiger partial charge in [-0.25, -0.2) is 13.2 Å². The zero-order valence-corrected chi connectivity index (χ0v) is 15.6. The third-order valence-corrected chi connectivity index (χ3v) is 4.29. The van der Waals surface area contributed by atoms with Crippen molar-refractivity contribution < 1.29 is 18.3 Å². The molecule has 0 aliphatic heterocycles. The topological polar surface area (TPSA) is 92.0 Å². The van der Waals surface area contributed by atoms with Crippen LogP contribution < -0.4 is 10.6 Å². The molecular weight excluding hydrogens is 369 g/mol. The number of benzene rings is 1. The first-order valence-corrected chi connectivity index (χ1v) is 9.04. The molecule has 0 aromatic heterocycles. The highest BCUT2D eigenvalue weighted by molar-refractivity contribution is 5.96. The zero-order valence-electron chi connectivity index (χ0n) is 15.6. The van der Waals surface area contributed by atoms with Gasteiger partial charge >= 0.3 is 0 Å². The van der Waals surface area contributed by atoms with Crippen LogP contribution in [0.1, 0.15) is 37.9 Å². The van der Waals surface area contributed by atoms with E-state index in [1.165, 1.54) is 31.9 Å². The van der Waals surface area contributed by atoms with Gasteiger partial charge in [0.2, 0.25) is 0 Å². The minimum atomic E-state index is -2.94. The second kappa shape index (κ2) is 10.1. The van der Waals surface area contributed by atoms with Crippen molar-refractivity contribution in [2.45, 2.75) is 38.7 Å². The molecule has 0 amide bonds. The molecule has 1 saturated carbocycles. The highest BCUT2D eigenvalue weighted by Gasteiger charge is 2.20. The maximum absolute atomic E-state index is 13.5. The first kappa shape index (κ1) is 21.7. The van der Waals surface area contributed by atoms with E-state index in [0.29, 0.717) is 17.2 Å². The SMILES string of the molecule is C[C@@H](O)c1cc(F)ccc1N/C(=C\C(=N)C(F)F)C/C(C=N)=C/NCC1CC1. The third kappa shape index (κ3) is 6.84. The van der Waals surface area contributed by atoms with Crippen LogP contribution in [-0.2, 0) is 0 Å². The molecule has 1 aromatic rings. The van der Waals surface area contributed by atoms with Crippen LogP contribution in [0.15, 0.2) is 41.7 Å². The predicted octanol–water partition coefficient (Wildman–Crippen LogP) is 4.38. The smallest absolute Gasteiger partial charge is 0.279 e. The molecule has 2 rings (SSSR count). The van der Waals surface area contributed by atoms with Crippen LogP contribution in [-0.4, -0.2) is 30.0 Å². The molecule has 1 aromatic carbocycles. The summed E-state index contributed by atoms with van der Waals surface area (Å²) in [6, 6.07) is 3.75. The Labute approximate surface area is 162 Å². The average Bonchev–Trinajstić information content (AvgIpc) is 3.46. The van der Waals surface area contributed by atoms with E-state index in [-0.39, 0.29) is 17.7 Å². The molecule has 1 fully saturated rings. The molecule has 0 radical (unpaired) electrons. The van der Waals surface area contributed by atoms with E-state index in [1.807, 2.05) is 0 Å². The molecule has 152 valence electrons. The Kier molecular flexibility index (Phi) is 7.80. The van der Waals surface area contributed by atoms with Crippen LogP contribution in [0.25, 0.3) is 0 Å². The number of nitrogens with one attached hydrogen (secondary N) is 4. The Morgan fingerprint density at radius 2 is 2.07 bits per heavy atom. The summed E-state index contributed by atoms with van der Waals surface area (Å²) in [5.74, 6) is 0.104. The second-order valence-corrected chi connectivity index (χ2v) is 6.85. The predicted molar refractivity (Wildman–Crippen MR) is 105 cm³/mol. The van der Waals surface area contributed by atoms with E-state index in [1.54, 1.807) is 6.20 Å². The lowest BCUT2D eigenvalue weighted by atomic mass is 10.1. The number of hydrogen-bond donors (Lipinski definition) is 5. The van der Waals surface area contributed by atoms with Crippen LogP contribution in [0.2, 0.25) is 0 Å². The van der Waals surface area contributed by atoms with Gasteiger partial charge in [0.15, 0.2) is 0 Å². The number of rotatable bonds is 11. The molecule has 8 heteroatoms. The molecule has 1 aliphatic rings. The number of anilines is 1. The summed E-state index contributed by atoms with van der Waals surface area (Å²) in [7, 11) is 0. The van der Waals surface area contributed by atoms with Gasteiger partial charge < -0.3 is 21.1 Å². The number of hydrogen-bond acceptors (Lipinski definition) is 5. The van der Waals surface area contributed by atoms with E-state index in [9.17, 15) is 18.3 Å². The molecule has 0 bridgehead atoms. The lowest BCUT2D eigenvalue weighted by Crippen LogP contribution is -2.14. The fourth-order valence-electron chi connectivity index (χ4n) is 2.59. The Morgan fingerprint density at radius 1 is 1.36 bits per heavy atom. The number of aliphatic hydroxyl groups excluding tert-OH is 1. The van der Waals surface area contributed by atoms with Crippen molar-refractivity contribution in [3.05, 3.63) is 53.1 Å². The number of aliphatic hydroxyl groups is 1. The molecule has 5 nitrogen and oxygen atoms in total. The summed E-state index contributed by atoms with van der Waals surface area (Å²) in [6.45, 7) is 2.26. The second-order valence-electron chi connectivity index (χ2n) is 6.85. The summed E-state index contributed by atoms with van der Waals surface area (Å²) >= 11 is 0. The minimum Gasteiger partial charge on any atom is -0.390 e. The van der Waals surface area contributed by atoms with Crippen LogP contribution in [0.4, 0.5) is 18.9 Å². The van der Waals surface area contributed by atoms with Gasteiger partial charge in [0.05, 0.1) is 11.8 Å². The lowest BCUT2D eigenvalue weighted by Gasteiger charge is -2.17. The van der Waals surface area contributed by atoms with Crippen molar-refractivity contribution in [1.82, 2.24) is 5.32 Å².